The first-order valence-corrected chi connectivity index (χ1v) is 2.91. The van der Waals surface area contributed by atoms with E-state index in [9.17, 15) is 9.90 Å². The van der Waals surface area contributed by atoms with Gasteiger partial charge in [-0.15, -0.1) is 0 Å². The predicted molar refractivity (Wildman–Crippen MR) is 43.2 cm³/mol. The third-order valence-corrected chi connectivity index (χ3v) is 1.08. The highest BCUT2D eigenvalue weighted by Gasteiger charge is 2.07. The fourth-order valence-corrected chi connectivity index (χ4v) is 0.642. The van der Waals surface area contributed by atoms with Crippen LogP contribution >= 0.6 is 0 Å². The number of rotatable bonds is 3. The molecule has 0 saturated heterocycles. The summed E-state index contributed by atoms with van der Waals surface area (Å²) < 4.78 is 24.7. The minimum Gasteiger partial charge on any atom is -0.543 e. The normalized spacial score (nSPS) is 14.8. The second-order valence-corrected chi connectivity index (χ2v) is 1.80. The molecular weight excluding hydrogens is 176 g/mol. The molecule has 0 bridgehead atoms. The highest BCUT2D eigenvalue weighted by Crippen LogP contribution is 2.01. The van der Waals surface area contributed by atoms with Crippen LogP contribution in [0, 0.1) is 0 Å². The maximum absolute atomic E-state index is 10.5. The molecule has 0 atom stereocenters. The van der Waals surface area contributed by atoms with Crippen LogP contribution < -0.4 is 11.3 Å². The van der Waals surface area contributed by atoms with Gasteiger partial charge in [0.1, 0.15) is 7.04 Å². The van der Waals surface area contributed by atoms with Gasteiger partial charge in [-0.25, -0.2) is 0 Å². The Morgan fingerprint density at radius 1 is 1.85 bits per heavy atom. The lowest BCUT2D eigenvalue weighted by Crippen LogP contribution is -2.32. The molecule has 0 aromatic carbocycles. The number of carbonyl (C=O) groups excluding carboxylic acids is 1. The fraction of sp³-hybridized carbons (Fsp3) is 0.143. The molecule has 1 aromatic rings. The van der Waals surface area contributed by atoms with Crippen molar-refractivity contribution in [2.75, 3.05) is 7.04 Å². The number of carbonyl (C=O) groups is 1. The second-order valence-electron chi connectivity index (χ2n) is 1.80. The van der Waals surface area contributed by atoms with Crippen molar-refractivity contribution in [2.24, 2.45) is 5.16 Å². The first-order chi connectivity index (χ1) is 6.90. The molecule has 6 heteroatoms. The number of hydrogen-bond donors (Lipinski definition) is 1. The lowest BCUT2D eigenvalue weighted by atomic mass is 10.3. The van der Waals surface area contributed by atoms with Gasteiger partial charge < -0.3 is 25.3 Å². The Labute approximate surface area is 78.6 Å². The highest BCUT2D eigenvalue weighted by molar-refractivity contribution is 6.40. The van der Waals surface area contributed by atoms with Crippen molar-refractivity contribution in [1.82, 2.24) is 6.15 Å². The van der Waals surface area contributed by atoms with Gasteiger partial charge in [-0.2, -0.15) is 0 Å². The van der Waals surface area contributed by atoms with Crippen LogP contribution in [-0.4, -0.2) is 18.7 Å². The van der Waals surface area contributed by atoms with E-state index in [-0.39, 0.29) is 11.9 Å². The summed E-state index contributed by atoms with van der Waals surface area (Å²) >= 11 is 0. The molecule has 0 aliphatic heterocycles. The van der Waals surface area contributed by atoms with E-state index in [1.165, 1.54) is 18.4 Å². The van der Waals surface area contributed by atoms with Crippen molar-refractivity contribution < 1.29 is 23.3 Å². The van der Waals surface area contributed by atoms with Gasteiger partial charge in [-0.3, -0.25) is 0 Å². The van der Waals surface area contributed by atoms with E-state index < -0.39 is 18.7 Å². The molecular formula is C7H10N2O4. The summed E-state index contributed by atoms with van der Waals surface area (Å²) in [6.45, 7) is 0. The number of quaternary nitrogens is 1. The van der Waals surface area contributed by atoms with Crippen molar-refractivity contribution in [1.29, 1.82) is 0 Å². The van der Waals surface area contributed by atoms with Gasteiger partial charge >= 0.3 is 0 Å². The van der Waals surface area contributed by atoms with Crippen molar-refractivity contribution in [3.8, 4) is 0 Å². The molecule has 0 unspecified atom stereocenters. The number of nitrogens with zero attached hydrogens (tertiary/aromatic N) is 1. The smallest absolute Gasteiger partial charge is 0.167 e. The molecule has 0 aliphatic rings. The Balaban J connectivity index is 0.00000225. The quantitative estimate of drug-likeness (QED) is 0.522. The number of hydrogen-bond acceptors (Lipinski definition) is 5. The van der Waals surface area contributed by atoms with Gasteiger partial charge in [-0.1, -0.05) is 5.16 Å². The Hall–Kier alpha value is -1.82. The van der Waals surface area contributed by atoms with Gasteiger partial charge in [0, 0.05) is 0 Å². The third kappa shape index (κ3) is 2.60. The lowest BCUT2D eigenvalue weighted by Gasteiger charge is -2.01. The number of furan rings is 1. The zero-order valence-corrected chi connectivity index (χ0v) is 6.81. The van der Waals surface area contributed by atoms with Crippen LogP contribution in [0.3, 0.4) is 0 Å². The van der Waals surface area contributed by atoms with E-state index in [4.69, 9.17) is 8.53 Å². The molecule has 13 heavy (non-hydrogen) atoms. The maximum Gasteiger partial charge on any atom is 0.167 e. The van der Waals surface area contributed by atoms with E-state index in [0.717, 1.165) is 0 Å². The first-order valence-electron chi connectivity index (χ1n) is 4.41. The van der Waals surface area contributed by atoms with Crippen LogP contribution in [0.2, 0.25) is 0 Å². The Bertz CT molecular complexity index is 371. The van der Waals surface area contributed by atoms with E-state index in [1.54, 1.807) is 0 Å². The van der Waals surface area contributed by atoms with Gasteiger partial charge in [0.2, 0.25) is 0 Å². The van der Waals surface area contributed by atoms with E-state index in [2.05, 4.69) is 9.99 Å². The molecule has 0 amide bonds. The summed E-state index contributed by atoms with van der Waals surface area (Å²) in [6.07, 6.45) is 1.21. The fourth-order valence-electron chi connectivity index (χ4n) is 0.642. The molecule has 0 saturated carbocycles. The molecule has 72 valence electrons. The van der Waals surface area contributed by atoms with Crippen LogP contribution in [0.5, 0.6) is 0 Å². The number of carboxylic acid groups (broad SMARTS) is 1. The zero-order valence-electron chi connectivity index (χ0n) is 9.81. The summed E-state index contributed by atoms with van der Waals surface area (Å²) in [6, 6.07) is 2.71. The number of aliphatic carboxylic acids is 1. The Morgan fingerprint density at radius 3 is 3.08 bits per heavy atom. The van der Waals surface area contributed by atoms with Crippen molar-refractivity contribution >= 4 is 11.7 Å². The van der Waals surface area contributed by atoms with Crippen molar-refractivity contribution in [2.45, 2.75) is 0 Å². The minimum atomic E-state index is -2.81. The van der Waals surface area contributed by atoms with Crippen LogP contribution in [0.15, 0.2) is 28.0 Å². The average Bonchev–Trinajstić information content (AvgIpc) is 2.54. The average molecular weight is 189 g/mol. The standard InChI is InChI=1S/C7H7NO4.H3N/c1-11-8-6(7(9)10)5-3-2-4-12-5;/h2-4H,1H3,(H,9,10);1H3/i1D3;. The molecule has 0 spiro atoms. The maximum atomic E-state index is 10.5. The largest absolute Gasteiger partial charge is 0.543 e. The van der Waals surface area contributed by atoms with E-state index in [0.29, 0.717) is 0 Å². The molecule has 0 fully saturated rings. The van der Waals surface area contributed by atoms with E-state index in [1.807, 2.05) is 0 Å². The summed E-state index contributed by atoms with van der Waals surface area (Å²) in [5.41, 5.74) is -0.712. The Kier molecular flexibility index (Phi) is 2.53. The van der Waals surface area contributed by atoms with Crippen LogP contribution in [-0.2, 0) is 9.63 Å². The van der Waals surface area contributed by atoms with Crippen molar-refractivity contribution in [3.63, 3.8) is 0 Å². The lowest BCUT2D eigenvalue weighted by molar-refractivity contribution is -0.294. The third-order valence-electron chi connectivity index (χ3n) is 1.08. The second kappa shape index (κ2) is 4.94. The first kappa shape index (κ1) is 6.67. The van der Waals surface area contributed by atoms with Gasteiger partial charge in [0.05, 0.1) is 16.3 Å². The molecule has 1 aromatic heterocycles. The molecule has 1 rings (SSSR count). The summed E-state index contributed by atoms with van der Waals surface area (Å²) in [5.74, 6) is -1.83. The zero-order chi connectivity index (χ0) is 11.5. The van der Waals surface area contributed by atoms with Crippen LogP contribution in [0.1, 0.15) is 9.87 Å². The highest BCUT2D eigenvalue weighted by atomic mass is 16.6. The Morgan fingerprint density at radius 2 is 2.62 bits per heavy atom. The minimum absolute atomic E-state index is 0. The summed E-state index contributed by atoms with van der Waals surface area (Å²) in [5, 5.41) is 13.5. The van der Waals surface area contributed by atoms with E-state index >= 15 is 0 Å². The molecule has 1 heterocycles. The summed E-state index contributed by atoms with van der Waals surface area (Å²) in [4.78, 5) is 14.5. The molecule has 4 N–H and O–H groups in total. The topological polar surface area (TPSA) is 111 Å². The monoisotopic (exact) mass is 189 g/mol. The van der Waals surface area contributed by atoms with Crippen LogP contribution in [0.4, 0.5) is 0 Å². The van der Waals surface area contributed by atoms with Gasteiger partial charge in [0.15, 0.2) is 11.5 Å². The summed E-state index contributed by atoms with van der Waals surface area (Å²) in [7, 11) is -2.81. The molecule has 6 nitrogen and oxygen atoms in total. The molecule has 0 radical (unpaired) electrons. The van der Waals surface area contributed by atoms with Crippen molar-refractivity contribution in [3.05, 3.63) is 24.2 Å². The predicted octanol–water partition coefficient (Wildman–Crippen LogP) is -0.244. The SMILES string of the molecule is [2H]C([2H])([2H])ON=C(C(=O)[O-])c1ccco1.[NH4+]. The van der Waals surface area contributed by atoms with Gasteiger partial charge in [0.25, 0.3) is 0 Å². The number of oxime groups is 1. The molecule has 0 aliphatic carbocycles. The number of carboxylic acids is 1. The van der Waals surface area contributed by atoms with Crippen LogP contribution in [0.25, 0.3) is 0 Å². The van der Waals surface area contributed by atoms with Gasteiger partial charge in [-0.05, 0) is 12.1 Å².